The molecule has 1 fully saturated rings. The Morgan fingerprint density at radius 1 is 1.13 bits per heavy atom. The molecule has 1 heterocycles. The molecule has 3 rings (SSSR count). The highest BCUT2D eigenvalue weighted by Crippen LogP contribution is 2.28. The summed E-state index contributed by atoms with van der Waals surface area (Å²) in [6.45, 7) is -0.457. The molecule has 1 unspecified atom stereocenters. The van der Waals surface area contributed by atoms with Crippen LogP contribution in [0.2, 0.25) is 0 Å². The molecule has 0 radical (unpaired) electrons. The van der Waals surface area contributed by atoms with Crippen LogP contribution in [0.15, 0.2) is 48.5 Å². The molecule has 30 heavy (non-hydrogen) atoms. The van der Waals surface area contributed by atoms with Crippen LogP contribution >= 0.6 is 0 Å². The number of aliphatic carboxylic acids is 1. The lowest BCUT2D eigenvalue weighted by atomic mass is 9.94. The van der Waals surface area contributed by atoms with Crippen LogP contribution in [0.25, 0.3) is 0 Å². The van der Waals surface area contributed by atoms with Gasteiger partial charge in [-0.05, 0) is 30.3 Å². The number of rotatable bonds is 7. The number of halogens is 1. The van der Waals surface area contributed by atoms with Gasteiger partial charge in [0.05, 0.1) is 0 Å². The van der Waals surface area contributed by atoms with Crippen molar-refractivity contribution in [3.63, 3.8) is 0 Å². The van der Waals surface area contributed by atoms with Crippen molar-refractivity contribution in [1.82, 2.24) is 10.2 Å². The molecule has 0 spiro atoms. The normalized spacial score (nSPS) is 16.3. The van der Waals surface area contributed by atoms with Gasteiger partial charge in [0.2, 0.25) is 11.8 Å². The molecule has 1 aliphatic heterocycles. The number of nitrogens with zero attached hydrogens (tertiary/aromatic N) is 1. The Balaban J connectivity index is 1.75. The first kappa shape index (κ1) is 21.0. The molecule has 2 amide bonds. The Kier molecular flexibility index (Phi) is 6.41. The predicted molar refractivity (Wildman–Crippen MR) is 102 cm³/mol. The van der Waals surface area contributed by atoms with Gasteiger partial charge in [-0.2, -0.15) is 0 Å². The molecule has 0 aromatic heterocycles. The number of amides is 2. The number of hydrogen-bond donors (Lipinski definition) is 2. The van der Waals surface area contributed by atoms with Gasteiger partial charge in [0, 0.05) is 25.1 Å². The Labute approximate surface area is 171 Å². The molecule has 2 aromatic rings. The van der Waals surface area contributed by atoms with Crippen molar-refractivity contribution in [3.8, 4) is 11.5 Å². The summed E-state index contributed by atoms with van der Waals surface area (Å²) < 4.78 is 18.9. The number of Topliss-reactive ketones (excluding diaryl/α,β-unsaturated/α-hetero) is 1. The topological polar surface area (TPSA) is 113 Å². The maximum atomic E-state index is 13.1. The number of carbonyl (C=O) groups excluding carboxylic acids is 3. The van der Waals surface area contributed by atoms with Crippen molar-refractivity contribution in [1.29, 1.82) is 0 Å². The summed E-state index contributed by atoms with van der Waals surface area (Å²) in [5.41, 5.74) is 0.634. The summed E-state index contributed by atoms with van der Waals surface area (Å²) in [5.74, 6) is -4.54. The smallest absolute Gasteiger partial charge is 0.322 e. The van der Waals surface area contributed by atoms with Gasteiger partial charge in [0.25, 0.3) is 0 Å². The SMILES string of the molecule is O=C(O)CNC(=O)C1C(=O)CCN(Cc2ccccc2Oc2ccc(F)cc2)C1=O. The highest BCUT2D eigenvalue weighted by Gasteiger charge is 2.40. The second kappa shape index (κ2) is 9.17. The molecule has 1 atom stereocenters. The number of likely N-dealkylation sites (tertiary alicyclic amines) is 1. The van der Waals surface area contributed by atoms with E-state index in [0.29, 0.717) is 17.1 Å². The number of carboxylic acids is 1. The standard InChI is InChI=1S/C21H19FN2O6/c22-14-5-7-15(8-6-14)30-17-4-2-1-3-13(17)12-24-10-9-16(25)19(21(24)29)20(28)23-11-18(26)27/h1-8,19H,9-12H2,(H,23,28)(H,26,27). The van der Waals surface area contributed by atoms with E-state index in [-0.39, 0.29) is 19.5 Å². The number of para-hydroxylation sites is 1. The third-order valence-corrected chi connectivity index (χ3v) is 4.56. The monoisotopic (exact) mass is 414 g/mol. The maximum Gasteiger partial charge on any atom is 0.322 e. The summed E-state index contributed by atoms with van der Waals surface area (Å²) in [7, 11) is 0. The fourth-order valence-electron chi connectivity index (χ4n) is 3.07. The number of ether oxygens (including phenoxy) is 1. The zero-order valence-corrected chi connectivity index (χ0v) is 15.8. The molecule has 9 heteroatoms. The van der Waals surface area contributed by atoms with E-state index < -0.39 is 41.8 Å². The molecule has 0 bridgehead atoms. The van der Waals surface area contributed by atoms with Gasteiger partial charge in [-0.15, -0.1) is 0 Å². The first-order chi connectivity index (χ1) is 14.3. The van der Waals surface area contributed by atoms with Crippen LogP contribution in [-0.4, -0.2) is 46.7 Å². The molecule has 156 valence electrons. The minimum atomic E-state index is -1.57. The lowest BCUT2D eigenvalue weighted by molar-refractivity contribution is -0.152. The van der Waals surface area contributed by atoms with E-state index in [1.165, 1.54) is 29.2 Å². The quantitative estimate of drug-likeness (QED) is 0.668. The number of nitrogens with one attached hydrogen (secondary N) is 1. The lowest BCUT2D eigenvalue weighted by Gasteiger charge is -2.31. The minimum Gasteiger partial charge on any atom is -0.480 e. The average Bonchev–Trinajstić information content (AvgIpc) is 2.71. The number of piperidine rings is 1. The second-order valence-corrected chi connectivity index (χ2v) is 6.68. The number of carbonyl (C=O) groups is 4. The van der Waals surface area contributed by atoms with Crippen LogP contribution in [0.4, 0.5) is 4.39 Å². The fourth-order valence-corrected chi connectivity index (χ4v) is 3.07. The minimum absolute atomic E-state index is 0.0160. The van der Waals surface area contributed by atoms with E-state index >= 15 is 0 Å². The van der Waals surface area contributed by atoms with Crippen LogP contribution in [0.5, 0.6) is 11.5 Å². The number of hydrogen-bond acceptors (Lipinski definition) is 5. The summed E-state index contributed by atoms with van der Waals surface area (Å²) >= 11 is 0. The molecule has 0 saturated carbocycles. The largest absolute Gasteiger partial charge is 0.480 e. The maximum absolute atomic E-state index is 13.1. The van der Waals surface area contributed by atoms with Gasteiger partial charge < -0.3 is 20.1 Å². The Morgan fingerprint density at radius 2 is 1.83 bits per heavy atom. The summed E-state index contributed by atoms with van der Waals surface area (Å²) in [4.78, 5) is 49.0. The van der Waals surface area contributed by atoms with E-state index in [1.54, 1.807) is 24.3 Å². The van der Waals surface area contributed by atoms with Crippen LogP contribution in [0.1, 0.15) is 12.0 Å². The van der Waals surface area contributed by atoms with E-state index in [2.05, 4.69) is 5.32 Å². The third-order valence-electron chi connectivity index (χ3n) is 4.56. The first-order valence-electron chi connectivity index (χ1n) is 9.17. The van der Waals surface area contributed by atoms with Crippen molar-refractivity contribution >= 4 is 23.6 Å². The molecule has 0 aliphatic carbocycles. The molecule has 2 N–H and O–H groups in total. The number of carboxylic acid groups (broad SMARTS) is 1. The number of ketones is 1. The Hall–Kier alpha value is -3.75. The molecule has 1 saturated heterocycles. The molecular formula is C21H19FN2O6. The van der Waals surface area contributed by atoms with Crippen LogP contribution in [0, 0.1) is 11.7 Å². The number of benzene rings is 2. The van der Waals surface area contributed by atoms with Crippen LogP contribution < -0.4 is 10.1 Å². The zero-order valence-electron chi connectivity index (χ0n) is 15.8. The van der Waals surface area contributed by atoms with Crippen molar-refractivity contribution in [2.75, 3.05) is 13.1 Å². The predicted octanol–water partition coefficient (Wildman–Crippen LogP) is 1.74. The summed E-state index contributed by atoms with van der Waals surface area (Å²) in [6.07, 6.45) is -0.0160. The van der Waals surface area contributed by atoms with Crippen molar-refractivity contribution in [3.05, 3.63) is 59.9 Å². The van der Waals surface area contributed by atoms with Gasteiger partial charge in [0.1, 0.15) is 23.9 Å². The average molecular weight is 414 g/mol. The summed E-state index contributed by atoms with van der Waals surface area (Å²) in [5, 5.41) is 10.8. The highest BCUT2D eigenvalue weighted by molar-refractivity contribution is 6.19. The first-order valence-corrected chi connectivity index (χ1v) is 9.17. The summed E-state index contributed by atoms with van der Waals surface area (Å²) in [6, 6.07) is 12.4. The molecule has 1 aliphatic rings. The molecular weight excluding hydrogens is 395 g/mol. The Morgan fingerprint density at radius 3 is 2.53 bits per heavy atom. The van der Waals surface area contributed by atoms with Gasteiger partial charge in [-0.25, -0.2) is 4.39 Å². The van der Waals surface area contributed by atoms with E-state index in [0.717, 1.165) is 0 Å². The second-order valence-electron chi connectivity index (χ2n) is 6.68. The lowest BCUT2D eigenvalue weighted by Crippen LogP contribution is -2.52. The van der Waals surface area contributed by atoms with Crippen molar-refractivity contribution in [2.24, 2.45) is 5.92 Å². The van der Waals surface area contributed by atoms with Crippen LogP contribution in [0.3, 0.4) is 0 Å². The van der Waals surface area contributed by atoms with Crippen LogP contribution in [-0.2, 0) is 25.7 Å². The molecule has 2 aromatic carbocycles. The molecule has 8 nitrogen and oxygen atoms in total. The van der Waals surface area contributed by atoms with Crippen molar-refractivity contribution < 1.29 is 33.4 Å². The zero-order chi connectivity index (χ0) is 21.7. The van der Waals surface area contributed by atoms with E-state index in [4.69, 9.17) is 9.84 Å². The van der Waals surface area contributed by atoms with Gasteiger partial charge in [-0.3, -0.25) is 19.2 Å². The van der Waals surface area contributed by atoms with Gasteiger partial charge in [-0.1, -0.05) is 18.2 Å². The van der Waals surface area contributed by atoms with E-state index in [9.17, 15) is 23.6 Å². The van der Waals surface area contributed by atoms with Gasteiger partial charge >= 0.3 is 5.97 Å². The van der Waals surface area contributed by atoms with Crippen molar-refractivity contribution in [2.45, 2.75) is 13.0 Å². The third kappa shape index (κ3) is 4.99. The fraction of sp³-hybridized carbons (Fsp3) is 0.238. The highest BCUT2D eigenvalue weighted by atomic mass is 19.1. The van der Waals surface area contributed by atoms with Gasteiger partial charge in [0.15, 0.2) is 11.7 Å². The Bertz CT molecular complexity index is 976. The van der Waals surface area contributed by atoms with E-state index in [1.807, 2.05) is 0 Å².